The molecule has 1 aromatic heterocycles. The van der Waals surface area contributed by atoms with Gasteiger partial charge < -0.3 is 19.2 Å². The number of ether oxygens (including phenoxy) is 1. The third-order valence-electron chi connectivity index (χ3n) is 4.18. The maximum atomic E-state index is 12.6. The Kier molecular flexibility index (Phi) is 3.80. The highest BCUT2D eigenvalue weighted by Gasteiger charge is 2.30. The molecule has 0 saturated heterocycles. The Bertz CT molecular complexity index is 867. The van der Waals surface area contributed by atoms with Gasteiger partial charge >= 0.3 is 0 Å². The van der Waals surface area contributed by atoms with Crippen molar-refractivity contribution in [3.05, 3.63) is 66.1 Å². The summed E-state index contributed by atoms with van der Waals surface area (Å²) in [6, 6.07) is 15.1. The van der Waals surface area contributed by atoms with Gasteiger partial charge in [0.2, 0.25) is 0 Å². The molecule has 2 aromatic carbocycles. The Balaban J connectivity index is 1.45. The van der Waals surface area contributed by atoms with Crippen LogP contribution in [0.3, 0.4) is 0 Å². The van der Waals surface area contributed by atoms with E-state index in [0.717, 1.165) is 16.5 Å². The molecule has 0 bridgehead atoms. The number of aliphatic hydroxyl groups excluding tert-OH is 1. The first-order valence-corrected chi connectivity index (χ1v) is 7.86. The summed E-state index contributed by atoms with van der Waals surface area (Å²) in [4.78, 5) is 14.3. The van der Waals surface area contributed by atoms with Crippen molar-refractivity contribution in [2.24, 2.45) is 0 Å². The number of benzene rings is 2. The third-order valence-corrected chi connectivity index (χ3v) is 4.18. The van der Waals surface area contributed by atoms with Gasteiger partial charge in [-0.05, 0) is 29.7 Å². The van der Waals surface area contributed by atoms with Gasteiger partial charge in [-0.15, -0.1) is 0 Å². The number of carbonyl (C=O) groups excluding carboxylic acids is 1. The topological polar surface area (TPSA) is 62.9 Å². The number of furan rings is 1. The Morgan fingerprint density at radius 2 is 1.96 bits per heavy atom. The molecule has 3 aromatic rings. The smallest absolute Gasteiger partial charge is 0.259 e. The molecule has 5 nitrogen and oxygen atoms in total. The normalized spacial score (nSPS) is 14.5. The summed E-state index contributed by atoms with van der Waals surface area (Å²) in [5.74, 6) is 0.628. The highest BCUT2D eigenvalue weighted by atomic mass is 16.5. The Morgan fingerprint density at radius 3 is 2.75 bits per heavy atom. The molecule has 4 rings (SSSR count). The van der Waals surface area contributed by atoms with Crippen molar-refractivity contribution in [1.29, 1.82) is 0 Å². The average Bonchev–Trinajstić information content (AvgIpc) is 3.19. The molecular weight excluding hydrogens is 306 g/mol. The minimum atomic E-state index is -0.770. The Hall–Kier alpha value is -2.63. The highest BCUT2D eigenvalue weighted by Crippen LogP contribution is 2.37. The lowest BCUT2D eigenvalue weighted by atomic mass is 10.1. The second kappa shape index (κ2) is 6.11. The molecule has 1 N–H and O–H groups in total. The number of carbonyl (C=O) groups is 1. The fourth-order valence-corrected chi connectivity index (χ4v) is 3.11. The number of rotatable bonds is 6. The minimum Gasteiger partial charge on any atom is -0.467 e. The van der Waals surface area contributed by atoms with Crippen LogP contribution in [0.4, 0.5) is 5.69 Å². The third kappa shape index (κ3) is 2.58. The fraction of sp³-hybridized carbons (Fsp3) is 0.211. The summed E-state index contributed by atoms with van der Waals surface area (Å²) >= 11 is 0. The number of β-amino-alcohol motifs (C(OH)–C–C–N with tert-alkyl or cyclic N) is 1. The van der Waals surface area contributed by atoms with Gasteiger partial charge in [-0.2, -0.15) is 0 Å². The van der Waals surface area contributed by atoms with Crippen molar-refractivity contribution in [2.75, 3.05) is 18.1 Å². The van der Waals surface area contributed by atoms with Gasteiger partial charge in [0.1, 0.15) is 12.4 Å². The molecular formula is C19H17NO4. The van der Waals surface area contributed by atoms with E-state index in [9.17, 15) is 9.90 Å². The van der Waals surface area contributed by atoms with Crippen LogP contribution in [0.25, 0.3) is 10.8 Å². The molecule has 1 amide bonds. The molecule has 0 radical (unpaired) electrons. The minimum absolute atomic E-state index is 0.0770. The maximum Gasteiger partial charge on any atom is 0.259 e. The SMILES string of the molecule is O=C1c2cccc3cccc(c23)N1C[C@H](O)COCc1ccco1. The van der Waals surface area contributed by atoms with Gasteiger partial charge in [0.25, 0.3) is 5.91 Å². The summed E-state index contributed by atoms with van der Waals surface area (Å²) in [5.41, 5.74) is 1.53. The monoisotopic (exact) mass is 323 g/mol. The number of aliphatic hydroxyl groups is 1. The van der Waals surface area contributed by atoms with E-state index in [0.29, 0.717) is 17.9 Å². The van der Waals surface area contributed by atoms with E-state index < -0.39 is 6.10 Å². The van der Waals surface area contributed by atoms with Crippen molar-refractivity contribution in [2.45, 2.75) is 12.7 Å². The summed E-state index contributed by atoms with van der Waals surface area (Å²) in [6.07, 6.45) is 0.809. The molecule has 1 aliphatic rings. The molecule has 0 fully saturated rings. The van der Waals surface area contributed by atoms with Crippen LogP contribution in [0.1, 0.15) is 16.1 Å². The molecule has 0 saturated carbocycles. The van der Waals surface area contributed by atoms with Gasteiger partial charge in [0, 0.05) is 10.9 Å². The molecule has 2 heterocycles. The van der Waals surface area contributed by atoms with Crippen molar-refractivity contribution in [3.63, 3.8) is 0 Å². The molecule has 24 heavy (non-hydrogen) atoms. The van der Waals surface area contributed by atoms with Gasteiger partial charge in [0.15, 0.2) is 0 Å². The average molecular weight is 323 g/mol. The molecule has 1 atom stereocenters. The lowest BCUT2D eigenvalue weighted by molar-refractivity contribution is 0.0254. The summed E-state index contributed by atoms with van der Waals surface area (Å²) < 4.78 is 10.6. The van der Waals surface area contributed by atoms with Crippen molar-refractivity contribution in [1.82, 2.24) is 0 Å². The van der Waals surface area contributed by atoms with E-state index in [2.05, 4.69) is 0 Å². The van der Waals surface area contributed by atoms with E-state index >= 15 is 0 Å². The summed E-state index contributed by atoms with van der Waals surface area (Å²) in [6.45, 7) is 0.634. The molecule has 0 aliphatic carbocycles. The number of nitrogens with zero attached hydrogens (tertiary/aromatic N) is 1. The van der Waals surface area contributed by atoms with Crippen molar-refractivity contribution in [3.8, 4) is 0 Å². The summed E-state index contributed by atoms with van der Waals surface area (Å²) in [5, 5.41) is 12.2. The molecule has 0 unspecified atom stereocenters. The van der Waals surface area contributed by atoms with Crippen LogP contribution >= 0.6 is 0 Å². The predicted molar refractivity (Wildman–Crippen MR) is 90.0 cm³/mol. The molecule has 1 aliphatic heterocycles. The zero-order valence-corrected chi connectivity index (χ0v) is 13.0. The van der Waals surface area contributed by atoms with Gasteiger partial charge in [-0.1, -0.05) is 24.3 Å². The molecule has 5 heteroatoms. The van der Waals surface area contributed by atoms with Crippen LogP contribution in [-0.4, -0.2) is 30.3 Å². The first-order chi connectivity index (χ1) is 11.7. The first-order valence-electron chi connectivity index (χ1n) is 7.86. The standard InChI is InChI=1S/C19H17NO4/c21-14(11-23-12-15-6-3-9-24-15)10-20-17-8-2-5-13-4-1-7-16(18(13)17)19(20)22/h1-9,14,21H,10-12H2/t14-/m0/s1. The van der Waals surface area contributed by atoms with E-state index in [1.165, 1.54) is 0 Å². The Labute approximate surface area is 139 Å². The van der Waals surface area contributed by atoms with Crippen LogP contribution in [0.5, 0.6) is 0 Å². The fourth-order valence-electron chi connectivity index (χ4n) is 3.11. The molecule has 0 spiro atoms. The Morgan fingerprint density at radius 1 is 1.12 bits per heavy atom. The largest absolute Gasteiger partial charge is 0.467 e. The second-order valence-corrected chi connectivity index (χ2v) is 5.84. The molecule has 122 valence electrons. The first kappa shape index (κ1) is 14.9. The lowest BCUT2D eigenvalue weighted by Gasteiger charge is -2.21. The quantitative estimate of drug-likeness (QED) is 0.757. The number of hydrogen-bond donors (Lipinski definition) is 1. The highest BCUT2D eigenvalue weighted by molar-refractivity contribution is 6.25. The van der Waals surface area contributed by atoms with Gasteiger partial charge in [-0.25, -0.2) is 0 Å². The second-order valence-electron chi connectivity index (χ2n) is 5.84. The maximum absolute atomic E-state index is 12.6. The zero-order valence-electron chi connectivity index (χ0n) is 13.0. The van der Waals surface area contributed by atoms with Crippen LogP contribution in [0, 0.1) is 0 Å². The van der Waals surface area contributed by atoms with E-state index in [4.69, 9.17) is 9.15 Å². The van der Waals surface area contributed by atoms with Crippen LogP contribution < -0.4 is 4.90 Å². The number of hydrogen-bond acceptors (Lipinski definition) is 4. The zero-order chi connectivity index (χ0) is 16.5. The van der Waals surface area contributed by atoms with E-state index in [1.807, 2.05) is 42.5 Å². The number of anilines is 1. The number of amides is 1. The van der Waals surface area contributed by atoms with Crippen LogP contribution in [0.2, 0.25) is 0 Å². The van der Waals surface area contributed by atoms with Crippen molar-refractivity contribution < 1.29 is 19.1 Å². The lowest BCUT2D eigenvalue weighted by Crippen LogP contribution is -2.37. The summed E-state index contributed by atoms with van der Waals surface area (Å²) in [7, 11) is 0. The van der Waals surface area contributed by atoms with Crippen LogP contribution in [-0.2, 0) is 11.3 Å². The predicted octanol–water partition coefficient (Wildman–Crippen LogP) is 2.97. The van der Waals surface area contributed by atoms with E-state index in [-0.39, 0.29) is 19.1 Å². The van der Waals surface area contributed by atoms with E-state index in [1.54, 1.807) is 17.2 Å². The van der Waals surface area contributed by atoms with Gasteiger partial charge in [0.05, 0.1) is 31.2 Å². The van der Waals surface area contributed by atoms with Gasteiger partial charge in [-0.3, -0.25) is 4.79 Å². The van der Waals surface area contributed by atoms with Crippen molar-refractivity contribution >= 4 is 22.4 Å². The van der Waals surface area contributed by atoms with Crippen LogP contribution in [0.15, 0.2) is 59.2 Å².